The fraction of sp³-hybridized carbons (Fsp3) is 0.476. The van der Waals surface area contributed by atoms with Crippen molar-refractivity contribution in [3.63, 3.8) is 0 Å². The molecule has 8 heteroatoms. The van der Waals surface area contributed by atoms with E-state index in [-0.39, 0.29) is 11.5 Å². The molecule has 0 aliphatic carbocycles. The van der Waals surface area contributed by atoms with E-state index in [4.69, 9.17) is 14.0 Å². The predicted octanol–water partition coefficient (Wildman–Crippen LogP) is 3.13. The van der Waals surface area contributed by atoms with E-state index in [1.165, 1.54) is 6.92 Å². The lowest BCUT2D eigenvalue weighted by molar-refractivity contribution is -0.123. The van der Waals surface area contributed by atoms with Crippen LogP contribution >= 0.6 is 0 Å². The zero-order chi connectivity index (χ0) is 21.0. The van der Waals surface area contributed by atoms with Gasteiger partial charge in [0.05, 0.1) is 18.9 Å². The summed E-state index contributed by atoms with van der Waals surface area (Å²) in [6.07, 6.45) is -0.962. The SMILES string of the molecule is Cc1noc(C(C)C)c1C(=O)O[C@@H](C)C(=O)Nc1ccc(N2CCOCC2)cc1. The number of hydrogen-bond acceptors (Lipinski definition) is 7. The van der Waals surface area contributed by atoms with Gasteiger partial charge in [-0.2, -0.15) is 0 Å². The molecule has 1 aliphatic rings. The number of aryl methyl sites for hydroxylation is 1. The number of nitrogens with zero attached hydrogens (tertiary/aromatic N) is 2. The minimum Gasteiger partial charge on any atom is -0.449 e. The highest BCUT2D eigenvalue weighted by molar-refractivity contribution is 5.98. The maximum atomic E-state index is 12.5. The highest BCUT2D eigenvalue weighted by Gasteiger charge is 2.27. The van der Waals surface area contributed by atoms with Crippen molar-refractivity contribution in [2.45, 2.75) is 39.7 Å². The van der Waals surface area contributed by atoms with Crippen LogP contribution in [0.15, 0.2) is 28.8 Å². The molecule has 2 aromatic rings. The lowest BCUT2D eigenvalue weighted by Gasteiger charge is -2.28. The smallest absolute Gasteiger partial charge is 0.344 e. The third-order valence-electron chi connectivity index (χ3n) is 4.78. The molecule has 2 heterocycles. The van der Waals surface area contributed by atoms with Gasteiger partial charge in [0.15, 0.2) is 11.9 Å². The molecule has 8 nitrogen and oxygen atoms in total. The van der Waals surface area contributed by atoms with Crippen molar-refractivity contribution in [1.82, 2.24) is 5.16 Å². The van der Waals surface area contributed by atoms with E-state index in [9.17, 15) is 9.59 Å². The zero-order valence-corrected chi connectivity index (χ0v) is 17.2. The summed E-state index contributed by atoms with van der Waals surface area (Å²) >= 11 is 0. The Hall–Kier alpha value is -2.87. The Morgan fingerprint density at radius 1 is 1.14 bits per heavy atom. The summed E-state index contributed by atoms with van der Waals surface area (Å²) in [5.74, 6) is -0.581. The number of hydrogen-bond donors (Lipinski definition) is 1. The summed E-state index contributed by atoms with van der Waals surface area (Å²) in [6.45, 7) is 10.1. The third-order valence-corrected chi connectivity index (χ3v) is 4.78. The molecule has 1 amide bonds. The first-order chi connectivity index (χ1) is 13.9. The highest BCUT2D eigenvalue weighted by atomic mass is 16.5. The molecule has 0 bridgehead atoms. The van der Waals surface area contributed by atoms with Crippen LogP contribution in [-0.2, 0) is 14.3 Å². The molecule has 3 rings (SSSR count). The maximum Gasteiger partial charge on any atom is 0.344 e. The molecule has 0 saturated carbocycles. The molecule has 1 aromatic heterocycles. The summed E-state index contributed by atoms with van der Waals surface area (Å²) in [7, 11) is 0. The summed E-state index contributed by atoms with van der Waals surface area (Å²) in [6, 6.07) is 7.57. The van der Waals surface area contributed by atoms with Crippen LogP contribution in [-0.4, -0.2) is 49.4 Å². The Kier molecular flexibility index (Phi) is 6.53. The number of morpholine rings is 1. The minimum absolute atomic E-state index is 0.0205. The van der Waals surface area contributed by atoms with Crippen LogP contribution in [0.25, 0.3) is 0 Å². The molecule has 0 radical (unpaired) electrons. The number of aromatic nitrogens is 1. The second-order valence-corrected chi connectivity index (χ2v) is 7.35. The molecular weight excluding hydrogens is 374 g/mol. The average Bonchev–Trinajstić information content (AvgIpc) is 3.11. The van der Waals surface area contributed by atoms with E-state index >= 15 is 0 Å². The Morgan fingerprint density at radius 2 is 1.79 bits per heavy atom. The van der Waals surface area contributed by atoms with Gasteiger partial charge in [0, 0.05) is 30.4 Å². The van der Waals surface area contributed by atoms with Gasteiger partial charge in [0.25, 0.3) is 5.91 Å². The molecular formula is C21H27N3O5. The molecule has 0 unspecified atom stereocenters. The Balaban J connectivity index is 1.59. The first-order valence-electron chi connectivity index (χ1n) is 9.77. The van der Waals surface area contributed by atoms with Crippen molar-refractivity contribution in [2.75, 3.05) is 36.5 Å². The van der Waals surface area contributed by atoms with E-state index < -0.39 is 18.0 Å². The van der Waals surface area contributed by atoms with Gasteiger partial charge in [-0.1, -0.05) is 19.0 Å². The van der Waals surface area contributed by atoms with Gasteiger partial charge in [-0.15, -0.1) is 0 Å². The van der Waals surface area contributed by atoms with Crippen LogP contribution in [0, 0.1) is 6.92 Å². The fourth-order valence-corrected chi connectivity index (χ4v) is 3.12. The summed E-state index contributed by atoms with van der Waals surface area (Å²) < 4.78 is 15.9. The Labute approximate surface area is 170 Å². The summed E-state index contributed by atoms with van der Waals surface area (Å²) in [5, 5.41) is 6.61. The second kappa shape index (κ2) is 9.09. The molecule has 0 spiro atoms. The van der Waals surface area contributed by atoms with E-state index in [0.29, 0.717) is 30.4 Å². The normalized spacial score (nSPS) is 15.3. The predicted molar refractivity (Wildman–Crippen MR) is 108 cm³/mol. The van der Waals surface area contributed by atoms with Crippen LogP contribution in [0.4, 0.5) is 11.4 Å². The highest BCUT2D eigenvalue weighted by Crippen LogP contribution is 2.24. The Morgan fingerprint density at radius 3 is 2.41 bits per heavy atom. The van der Waals surface area contributed by atoms with Gasteiger partial charge < -0.3 is 24.2 Å². The summed E-state index contributed by atoms with van der Waals surface area (Å²) in [4.78, 5) is 27.2. The van der Waals surface area contributed by atoms with Crippen LogP contribution in [0.1, 0.15) is 48.5 Å². The summed E-state index contributed by atoms with van der Waals surface area (Å²) in [5.41, 5.74) is 2.45. The number of benzene rings is 1. The lowest BCUT2D eigenvalue weighted by atomic mass is 10.1. The molecule has 156 valence electrons. The zero-order valence-electron chi connectivity index (χ0n) is 17.2. The monoisotopic (exact) mass is 401 g/mol. The first kappa shape index (κ1) is 20.9. The second-order valence-electron chi connectivity index (χ2n) is 7.35. The van der Waals surface area contributed by atoms with Crippen molar-refractivity contribution in [3.05, 3.63) is 41.3 Å². The van der Waals surface area contributed by atoms with Crippen LogP contribution in [0.5, 0.6) is 0 Å². The number of rotatable bonds is 6. The number of esters is 1. The Bertz CT molecular complexity index is 854. The van der Waals surface area contributed by atoms with Crippen molar-refractivity contribution in [1.29, 1.82) is 0 Å². The van der Waals surface area contributed by atoms with Crippen LogP contribution in [0.3, 0.4) is 0 Å². The van der Waals surface area contributed by atoms with Crippen molar-refractivity contribution >= 4 is 23.3 Å². The van der Waals surface area contributed by atoms with Gasteiger partial charge in [0.2, 0.25) is 0 Å². The number of carbonyl (C=O) groups is 2. The molecule has 1 fully saturated rings. The molecule has 1 atom stereocenters. The molecule has 1 N–H and O–H groups in total. The van der Waals surface area contributed by atoms with E-state index in [1.807, 2.05) is 38.1 Å². The van der Waals surface area contributed by atoms with Crippen LogP contribution < -0.4 is 10.2 Å². The van der Waals surface area contributed by atoms with Gasteiger partial charge in [-0.05, 0) is 38.1 Å². The average molecular weight is 401 g/mol. The van der Waals surface area contributed by atoms with Crippen molar-refractivity contribution in [3.8, 4) is 0 Å². The van der Waals surface area contributed by atoms with Gasteiger partial charge in [-0.25, -0.2) is 4.79 Å². The third kappa shape index (κ3) is 4.95. The molecule has 1 aliphatic heterocycles. The number of carbonyl (C=O) groups excluding carboxylic acids is 2. The number of amides is 1. The minimum atomic E-state index is -0.962. The van der Waals surface area contributed by atoms with Crippen molar-refractivity contribution in [2.24, 2.45) is 0 Å². The molecule has 29 heavy (non-hydrogen) atoms. The lowest BCUT2D eigenvalue weighted by Crippen LogP contribution is -2.36. The van der Waals surface area contributed by atoms with Gasteiger partial charge in [-0.3, -0.25) is 4.79 Å². The standard InChI is InChI=1S/C21H27N3O5/c1-13(2)19-18(14(3)23-29-19)21(26)28-15(4)20(25)22-16-5-7-17(8-6-16)24-9-11-27-12-10-24/h5-8,13,15H,9-12H2,1-4H3,(H,22,25)/t15-/m0/s1. The largest absolute Gasteiger partial charge is 0.449 e. The first-order valence-corrected chi connectivity index (χ1v) is 9.77. The van der Waals surface area contributed by atoms with Crippen molar-refractivity contribution < 1.29 is 23.6 Å². The van der Waals surface area contributed by atoms with Crippen LogP contribution in [0.2, 0.25) is 0 Å². The number of ether oxygens (including phenoxy) is 2. The van der Waals surface area contributed by atoms with E-state index in [1.54, 1.807) is 6.92 Å². The number of anilines is 2. The fourth-order valence-electron chi connectivity index (χ4n) is 3.12. The van der Waals surface area contributed by atoms with Gasteiger partial charge >= 0.3 is 5.97 Å². The van der Waals surface area contributed by atoms with E-state index in [2.05, 4.69) is 15.4 Å². The number of nitrogens with one attached hydrogen (secondary N) is 1. The quantitative estimate of drug-likeness (QED) is 0.743. The maximum absolute atomic E-state index is 12.5. The molecule has 1 aromatic carbocycles. The van der Waals surface area contributed by atoms with Gasteiger partial charge in [0.1, 0.15) is 5.56 Å². The van der Waals surface area contributed by atoms with E-state index in [0.717, 1.165) is 18.8 Å². The molecule has 1 saturated heterocycles. The topological polar surface area (TPSA) is 93.9 Å².